The number of rotatable bonds is 1. The van der Waals surface area contributed by atoms with E-state index >= 15 is 0 Å². The van der Waals surface area contributed by atoms with E-state index in [0.29, 0.717) is 10.9 Å². The first-order valence-corrected chi connectivity index (χ1v) is 9.73. The standard InChI is InChI=1S/C22H20ClN3O2/c1-12-18-20-16-6-4-5-7-17(16)25(3)21(27)19(20)13(2)28-22(18)26(24-12)15-10-8-14(23)9-11-15/h4-11,13,19-20H,1-3H3/t13-,19-,20+/m1/s1. The number of carbonyl (C=O) groups excluding carboxylic acids is 1. The van der Waals surface area contributed by atoms with Gasteiger partial charge < -0.3 is 9.64 Å². The van der Waals surface area contributed by atoms with E-state index in [1.54, 1.807) is 4.90 Å². The van der Waals surface area contributed by atoms with Crippen LogP contribution in [0.5, 0.6) is 5.88 Å². The van der Waals surface area contributed by atoms with Crippen LogP contribution in [0.3, 0.4) is 0 Å². The molecule has 3 heterocycles. The van der Waals surface area contributed by atoms with Crippen LogP contribution in [-0.2, 0) is 4.79 Å². The number of nitrogens with zero attached hydrogens (tertiary/aromatic N) is 3. The van der Waals surface area contributed by atoms with E-state index in [9.17, 15) is 4.79 Å². The number of para-hydroxylation sites is 1. The first kappa shape index (κ1) is 17.3. The van der Waals surface area contributed by atoms with Crippen LogP contribution in [0.1, 0.15) is 29.7 Å². The molecule has 0 unspecified atom stereocenters. The molecule has 142 valence electrons. The lowest BCUT2D eigenvalue weighted by Gasteiger charge is -2.43. The molecule has 0 N–H and O–H groups in total. The summed E-state index contributed by atoms with van der Waals surface area (Å²) in [4.78, 5) is 14.9. The van der Waals surface area contributed by atoms with Gasteiger partial charge in [0, 0.05) is 29.2 Å². The summed E-state index contributed by atoms with van der Waals surface area (Å²) in [5.74, 6) is 0.454. The first-order valence-electron chi connectivity index (χ1n) is 9.36. The molecule has 0 saturated heterocycles. The molecule has 28 heavy (non-hydrogen) atoms. The SMILES string of the molecule is Cc1nn(-c2ccc(Cl)cc2)c2c1[C@@H]1c3ccccc3N(C)C(=O)[C@@H]1[C@@H](C)O2. The van der Waals surface area contributed by atoms with Crippen LogP contribution in [0.2, 0.25) is 5.02 Å². The summed E-state index contributed by atoms with van der Waals surface area (Å²) >= 11 is 6.04. The number of hydrogen-bond donors (Lipinski definition) is 0. The molecule has 5 rings (SSSR count). The molecule has 3 atom stereocenters. The van der Waals surface area contributed by atoms with Gasteiger partial charge >= 0.3 is 0 Å². The minimum Gasteiger partial charge on any atom is -0.473 e. The third-order valence-corrected chi connectivity index (χ3v) is 6.11. The van der Waals surface area contributed by atoms with Crippen molar-refractivity contribution in [3.8, 4) is 11.6 Å². The maximum absolute atomic E-state index is 13.2. The summed E-state index contributed by atoms with van der Waals surface area (Å²) in [6, 6.07) is 15.6. The number of aromatic nitrogens is 2. The second kappa shape index (κ2) is 6.11. The molecule has 3 aromatic rings. The van der Waals surface area contributed by atoms with Crippen molar-refractivity contribution >= 4 is 23.2 Å². The molecule has 0 aliphatic carbocycles. The molecule has 0 fully saturated rings. The summed E-state index contributed by atoms with van der Waals surface area (Å²) in [6.07, 6.45) is -0.261. The summed E-state index contributed by atoms with van der Waals surface area (Å²) in [6.45, 7) is 3.95. The molecule has 2 aliphatic rings. The Morgan fingerprint density at radius 2 is 1.82 bits per heavy atom. The summed E-state index contributed by atoms with van der Waals surface area (Å²) in [5.41, 5.74) is 4.84. The molecule has 5 nitrogen and oxygen atoms in total. The molecule has 0 bridgehead atoms. The van der Waals surface area contributed by atoms with Crippen LogP contribution in [0.4, 0.5) is 5.69 Å². The van der Waals surface area contributed by atoms with Gasteiger partial charge in [0.05, 0.1) is 17.3 Å². The van der Waals surface area contributed by atoms with Crippen molar-refractivity contribution in [3.05, 3.63) is 70.4 Å². The number of aryl methyl sites for hydroxylation is 1. The van der Waals surface area contributed by atoms with E-state index in [2.05, 4.69) is 6.07 Å². The van der Waals surface area contributed by atoms with Gasteiger partial charge in [-0.05, 0) is 49.7 Å². The zero-order chi connectivity index (χ0) is 19.6. The number of carbonyl (C=O) groups is 1. The number of anilines is 1. The second-order valence-corrected chi connectivity index (χ2v) is 7.91. The van der Waals surface area contributed by atoms with Crippen LogP contribution in [0.25, 0.3) is 5.69 Å². The maximum atomic E-state index is 13.2. The number of fused-ring (bicyclic) bond motifs is 5. The first-order chi connectivity index (χ1) is 13.5. The van der Waals surface area contributed by atoms with E-state index < -0.39 is 0 Å². The van der Waals surface area contributed by atoms with Crippen LogP contribution < -0.4 is 9.64 Å². The van der Waals surface area contributed by atoms with Crippen molar-refractivity contribution < 1.29 is 9.53 Å². The summed E-state index contributed by atoms with van der Waals surface area (Å²) < 4.78 is 8.11. The van der Waals surface area contributed by atoms with Crippen LogP contribution >= 0.6 is 11.6 Å². The van der Waals surface area contributed by atoms with Crippen LogP contribution in [0, 0.1) is 12.8 Å². The zero-order valence-corrected chi connectivity index (χ0v) is 16.6. The van der Waals surface area contributed by atoms with E-state index in [1.807, 2.05) is 68.0 Å². The van der Waals surface area contributed by atoms with Crippen molar-refractivity contribution in [2.24, 2.45) is 5.92 Å². The number of benzene rings is 2. The van der Waals surface area contributed by atoms with Gasteiger partial charge in [0.1, 0.15) is 6.10 Å². The Morgan fingerprint density at radius 3 is 2.57 bits per heavy atom. The monoisotopic (exact) mass is 393 g/mol. The van der Waals surface area contributed by atoms with Crippen molar-refractivity contribution in [2.45, 2.75) is 25.9 Å². The average molecular weight is 394 g/mol. The summed E-state index contributed by atoms with van der Waals surface area (Å²) in [7, 11) is 1.84. The predicted octanol–water partition coefficient (Wildman–Crippen LogP) is 4.34. The molecule has 2 aliphatic heterocycles. The third kappa shape index (κ3) is 2.32. The molecule has 0 saturated carbocycles. The normalized spacial score (nSPS) is 22.9. The Bertz CT molecular complexity index is 1090. The molecule has 0 spiro atoms. The van der Waals surface area contributed by atoms with Gasteiger partial charge in [-0.1, -0.05) is 29.8 Å². The number of amides is 1. The minimum atomic E-state index is -0.269. The van der Waals surface area contributed by atoms with Gasteiger partial charge in [0.15, 0.2) is 0 Å². The number of hydrogen-bond acceptors (Lipinski definition) is 3. The highest BCUT2D eigenvalue weighted by Gasteiger charge is 2.49. The molecule has 0 radical (unpaired) electrons. The topological polar surface area (TPSA) is 47.4 Å². The molecule has 1 aromatic heterocycles. The van der Waals surface area contributed by atoms with Crippen LogP contribution in [0.15, 0.2) is 48.5 Å². The Labute approximate surface area is 168 Å². The maximum Gasteiger partial charge on any atom is 0.234 e. The molecule has 6 heteroatoms. The Morgan fingerprint density at radius 1 is 1.11 bits per heavy atom. The van der Waals surface area contributed by atoms with E-state index in [-0.39, 0.29) is 23.8 Å². The van der Waals surface area contributed by atoms with E-state index in [4.69, 9.17) is 21.4 Å². The second-order valence-electron chi connectivity index (χ2n) is 7.47. The van der Waals surface area contributed by atoms with E-state index in [1.165, 1.54) is 0 Å². The van der Waals surface area contributed by atoms with Gasteiger partial charge in [0.25, 0.3) is 0 Å². The van der Waals surface area contributed by atoms with Crippen molar-refractivity contribution in [2.75, 3.05) is 11.9 Å². The molecule has 2 aromatic carbocycles. The van der Waals surface area contributed by atoms with Crippen molar-refractivity contribution in [1.82, 2.24) is 9.78 Å². The molecular formula is C22H20ClN3O2. The van der Waals surface area contributed by atoms with Gasteiger partial charge in [0.2, 0.25) is 11.8 Å². The highest BCUT2D eigenvalue weighted by molar-refractivity contribution is 6.30. The Kier molecular flexibility index (Phi) is 3.78. The van der Waals surface area contributed by atoms with Gasteiger partial charge in [-0.3, -0.25) is 4.79 Å². The zero-order valence-electron chi connectivity index (χ0n) is 15.9. The quantitative estimate of drug-likeness (QED) is 0.618. The Balaban J connectivity index is 1.75. The van der Waals surface area contributed by atoms with Crippen molar-refractivity contribution in [1.29, 1.82) is 0 Å². The lowest BCUT2D eigenvalue weighted by atomic mass is 9.73. The lowest BCUT2D eigenvalue weighted by Crippen LogP contribution is -2.49. The fraction of sp³-hybridized carbons (Fsp3) is 0.273. The average Bonchev–Trinajstić information content (AvgIpc) is 3.02. The molecular weight excluding hydrogens is 374 g/mol. The summed E-state index contributed by atoms with van der Waals surface area (Å²) in [5, 5.41) is 5.43. The van der Waals surface area contributed by atoms with Gasteiger partial charge in [-0.15, -0.1) is 0 Å². The fourth-order valence-electron chi connectivity index (χ4n) is 4.54. The fourth-order valence-corrected chi connectivity index (χ4v) is 4.66. The van der Waals surface area contributed by atoms with Crippen molar-refractivity contribution in [3.63, 3.8) is 0 Å². The van der Waals surface area contributed by atoms with E-state index in [0.717, 1.165) is 28.2 Å². The highest BCUT2D eigenvalue weighted by Crippen LogP contribution is 2.51. The lowest BCUT2D eigenvalue weighted by molar-refractivity contribution is -0.126. The third-order valence-electron chi connectivity index (χ3n) is 5.86. The van der Waals surface area contributed by atoms with Crippen LogP contribution in [-0.4, -0.2) is 28.8 Å². The smallest absolute Gasteiger partial charge is 0.234 e. The van der Waals surface area contributed by atoms with Gasteiger partial charge in [-0.2, -0.15) is 5.10 Å². The predicted molar refractivity (Wildman–Crippen MR) is 109 cm³/mol. The number of halogens is 1. The minimum absolute atomic E-state index is 0.0697. The highest BCUT2D eigenvalue weighted by atomic mass is 35.5. The molecule has 1 amide bonds. The Hall–Kier alpha value is -2.79. The van der Waals surface area contributed by atoms with Gasteiger partial charge in [-0.25, -0.2) is 4.68 Å². The number of ether oxygens (including phenoxy) is 1. The largest absolute Gasteiger partial charge is 0.473 e.